The van der Waals surface area contributed by atoms with Gasteiger partial charge in [0.05, 0.1) is 36.6 Å². The molecule has 1 saturated heterocycles. The molecule has 0 aliphatic carbocycles. The molecule has 8 nitrogen and oxygen atoms in total. The number of carbonyl (C=O) groups excluding carboxylic acids is 2. The fourth-order valence-corrected chi connectivity index (χ4v) is 2.84. The van der Waals surface area contributed by atoms with Crippen molar-refractivity contribution in [3.05, 3.63) is 46.4 Å². The number of anilines is 2. The van der Waals surface area contributed by atoms with E-state index < -0.39 is 5.97 Å². The van der Waals surface area contributed by atoms with Crippen LogP contribution in [0.15, 0.2) is 24.3 Å². The van der Waals surface area contributed by atoms with Crippen molar-refractivity contribution in [3.8, 4) is 0 Å². The van der Waals surface area contributed by atoms with Gasteiger partial charge in [-0.15, -0.1) is 0 Å². The van der Waals surface area contributed by atoms with Gasteiger partial charge in [0.1, 0.15) is 17.3 Å². The zero-order valence-corrected chi connectivity index (χ0v) is 15.7. The summed E-state index contributed by atoms with van der Waals surface area (Å²) in [5.41, 5.74) is 1.11. The number of nitrogens with zero attached hydrogens (tertiary/aromatic N) is 3. The third-order valence-electron chi connectivity index (χ3n) is 4.01. The highest BCUT2D eigenvalue weighted by Gasteiger charge is 2.21. The maximum Gasteiger partial charge on any atom is 0.337 e. The van der Waals surface area contributed by atoms with Gasteiger partial charge in [-0.25, -0.2) is 14.8 Å². The molecule has 3 rings (SSSR count). The first-order valence-corrected chi connectivity index (χ1v) is 8.73. The van der Waals surface area contributed by atoms with Crippen LogP contribution < -0.4 is 5.32 Å². The van der Waals surface area contributed by atoms with Crippen LogP contribution in [0.4, 0.5) is 11.5 Å². The molecule has 1 N–H and O–H groups in total. The summed E-state index contributed by atoms with van der Waals surface area (Å²) < 4.78 is 10.00. The molecular weight excluding hydrogens is 372 g/mol. The van der Waals surface area contributed by atoms with Gasteiger partial charge < -0.3 is 19.7 Å². The SMILES string of the molecule is COC(=O)c1ccc(Cl)c(Nc2cc(C(=O)N3CCOCC3)nc(C)n2)c1. The first kappa shape index (κ1) is 19.1. The fourth-order valence-electron chi connectivity index (χ4n) is 2.67. The van der Waals surface area contributed by atoms with E-state index in [1.807, 2.05) is 0 Å². The predicted octanol–water partition coefficient (Wildman–Crippen LogP) is 2.44. The number of benzene rings is 1. The molecule has 1 aliphatic heterocycles. The fraction of sp³-hybridized carbons (Fsp3) is 0.333. The number of aromatic nitrogens is 2. The molecular formula is C18H19ClN4O4. The van der Waals surface area contributed by atoms with Gasteiger partial charge in [0, 0.05) is 19.2 Å². The van der Waals surface area contributed by atoms with Crippen LogP contribution in [-0.2, 0) is 9.47 Å². The van der Waals surface area contributed by atoms with Gasteiger partial charge in [-0.2, -0.15) is 0 Å². The number of hydrogen-bond donors (Lipinski definition) is 1. The minimum Gasteiger partial charge on any atom is -0.465 e. The van der Waals surface area contributed by atoms with E-state index in [4.69, 9.17) is 21.1 Å². The highest BCUT2D eigenvalue weighted by molar-refractivity contribution is 6.33. The smallest absolute Gasteiger partial charge is 0.337 e. The van der Waals surface area contributed by atoms with Crippen molar-refractivity contribution < 1.29 is 19.1 Å². The Balaban J connectivity index is 1.86. The van der Waals surface area contributed by atoms with E-state index in [2.05, 4.69) is 15.3 Å². The first-order valence-electron chi connectivity index (χ1n) is 8.35. The van der Waals surface area contributed by atoms with Crippen molar-refractivity contribution in [2.75, 3.05) is 38.7 Å². The van der Waals surface area contributed by atoms with E-state index in [0.717, 1.165) is 0 Å². The normalized spacial score (nSPS) is 14.0. The zero-order valence-electron chi connectivity index (χ0n) is 15.0. The summed E-state index contributed by atoms with van der Waals surface area (Å²) >= 11 is 6.21. The van der Waals surface area contributed by atoms with Gasteiger partial charge in [-0.3, -0.25) is 4.79 Å². The Morgan fingerprint density at radius 3 is 2.67 bits per heavy atom. The Kier molecular flexibility index (Phi) is 5.88. The van der Waals surface area contributed by atoms with Crippen LogP contribution in [0.1, 0.15) is 26.7 Å². The second kappa shape index (κ2) is 8.32. The number of esters is 1. The van der Waals surface area contributed by atoms with Crippen LogP contribution in [0.25, 0.3) is 0 Å². The molecule has 1 amide bonds. The maximum absolute atomic E-state index is 12.7. The summed E-state index contributed by atoms with van der Waals surface area (Å²) in [6.45, 7) is 3.77. The van der Waals surface area contributed by atoms with Gasteiger partial charge in [-0.05, 0) is 25.1 Å². The van der Waals surface area contributed by atoms with Crippen LogP contribution in [0.3, 0.4) is 0 Å². The third-order valence-corrected chi connectivity index (χ3v) is 4.34. The number of hydrogen-bond acceptors (Lipinski definition) is 7. The largest absolute Gasteiger partial charge is 0.465 e. The average Bonchev–Trinajstić information content (AvgIpc) is 2.68. The van der Waals surface area contributed by atoms with Gasteiger partial charge >= 0.3 is 5.97 Å². The summed E-state index contributed by atoms with van der Waals surface area (Å²) in [6.07, 6.45) is 0. The molecule has 0 unspecified atom stereocenters. The summed E-state index contributed by atoms with van der Waals surface area (Å²) in [7, 11) is 1.31. The van der Waals surface area contributed by atoms with E-state index >= 15 is 0 Å². The second-order valence-electron chi connectivity index (χ2n) is 5.90. The van der Waals surface area contributed by atoms with Crippen molar-refractivity contribution in [2.24, 2.45) is 0 Å². The highest BCUT2D eigenvalue weighted by atomic mass is 35.5. The monoisotopic (exact) mass is 390 g/mol. The topological polar surface area (TPSA) is 93.7 Å². The molecule has 1 aromatic carbocycles. The molecule has 9 heteroatoms. The van der Waals surface area contributed by atoms with Crippen molar-refractivity contribution in [3.63, 3.8) is 0 Å². The Labute approximate surface area is 161 Å². The number of aryl methyl sites for hydroxylation is 1. The van der Waals surface area contributed by atoms with Crippen LogP contribution in [0.5, 0.6) is 0 Å². The van der Waals surface area contributed by atoms with E-state index in [9.17, 15) is 9.59 Å². The number of carbonyl (C=O) groups is 2. The summed E-state index contributed by atoms with van der Waals surface area (Å²) in [4.78, 5) is 34.6. The molecule has 0 spiro atoms. The minimum absolute atomic E-state index is 0.179. The molecule has 2 heterocycles. The minimum atomic E-state index is -0.475. The summed E-state index contributed by atoms with van der Waals surface area (Å²) in [5, 5.41) is 3.45. The van der Waals surface area contributed by atoms with E-state index in [1.54, 1.807) is 36.1 Å². The number of rotatable bonds is 4. The van der Waals surface area contributed by atoms with Gasteiger partial charge in [0.15, 0.2) is 0 Å². The Morgan fingerprint density at radius 1 is 1.22 bits per heavy atom. The number of morpholine rings is 1. The van der Waals surface area contributed by atoms with Gasteiger partial charge in [-0.1, -0.05) is 11.6 Å². The summed E-state index contributed by atoms with van der Waals surface area (Å²) in [6, 6.07) is 6.28. The zero-order chi connectivity index (χ0) is 19.4. The molecule has 27 heavy (non-hydrogen) atoms. The molecule has 0 bridgehead atoms. The molecule has 0 saturated carbocycles. The number of amides is 1. The van der Waals surface area contributed by atoms with Crippen LogP contribution in [0, 0.1) is 6.92 Å². The van der Waals surface area contributed by atoms with Gasteiger partial charge in [0.2, 0.25) is 0 Å². The van der Waals surface area contributed by atoms with Crippen molar-refractivity contribution in [2.45, 2.75) is 6.92 Å². The number of ether oxygens (including phenoxy) is 2. The Bertz CT molecular complexity index is 868. The van der Waals surface area contributed by atoms with Crippen molar-refractivity contribution >= 4 is 35.0 Å². The molecule has 0 radical (unpaired) electrons. The van der Waals surface area contributed by atoms with Crippen LogP contribution in [-0.4, -0.2) is 60.2 Å². The number of nitrogens with one attached hydrogen (secondary N) is 1. The van der Waals surface area contributed by atoms with E-state index in [0.29, 0.717) is 54.2 Å². The number of methoxy groups -OCH3 is 1. The molecule has 2 aromatic rings. The van der Waals surface area contributed by atoms with Crippen molar-refractivity contribution in [1.82, 2.24) is 14.9 Å². The quantitative estimate of drug-likeness (QED) is 0.801. The third kappa shape index (κ3) is 4.53. The molecule has 0 atom stereocenters. The molecule has 1 aliphatic rings. The summed E-state index contributed by atoms with van der Waals surface area (Å²) in [5.74, 6) is 0.193. The standard InChI is InChI=1S/C18H19ClN4O4/c1-11-20-15(17(24)23-5-7-27-8-6-23)10-16(21-11)22-14-9-12(18(25)26-2)3-4-13(14)19/h3-4,9-10H,5-8H2,1-2H3,(H,20,21,22). The van der Waals surface area contributed by atoms with Crippen LogP contribution in [0.2, 0.25) is 5.02 Å². The molecule has 1 aromatic heterocycles. The van der Waals surface area contributed by atoms with E-state index in [-0.39, 0.29) is 11.6 Å². The lowest BCUT2D eigenvalue weighted by Gasteiger charge is -2.26. The second-order valence-corrected chi connectivity index (χ2v) is 6.31. The van der Waals surface area contributed by atoms with Crippen LogP contribution >= 0.6 is 11.6 Å². The first-order chi connectivity index (χ1) is 13.0. The average molecular weight is 391 g/mol. The van der Waals surface area contributed by atoms with Crippen molar-refractivity contribution in [1.29, 1.82) is 0 Å². The lowest BCUT2D eigenvalue weighted by atomic mass is 10.2. The van der Waals surface area contributed by atoms with E-state index in [1.165, 1.54) is 7.11 Å². The lowest BCUT2D eigenvalue weighted by molar-refractivity contribution is 0.0299. The highest BCUT2D eigenvalue weighted by Crippen LogP contribution is 2.26. The molecule has 1 fully saturated rings. The lowest BCUT2D eigenvalue weighted by Crippen LogP contribution is -2.41. The maximum atomic E-state index is 12.7. The Morgan fingerprint density at radius 2 is 1.96 bits per heavy atom. The predicted molar refractivity (Wildman–Crippen MR) is 99.6 cm³/mol. The molecule has 142 valence electrons. The van der Waals surface area contributed by atoms with Gasteiger partial charge in [0.25, 0.3) is 5.91 Å². The Hall–Kier alpha value is -2.71. The number of halogens is 1.